The highest BCUT2D eigenvalue weighted by Gasteiger charge is 2.28. The molecule has 2 atom stereocenters. The van der Waals surface area contributed by atoms with E-state index >= 15 is 0 Å². The molecule has 0 fully saturated rings. The Morgan fingerprint density at radius 3 is 2.80 bits per heavy atom. The molecule has 4 heteroatoms. The Morgan fingerprint density at radius 2 is 1.96 bits per heavy atom. The van der Waals surface area contributed by atoms with Gasteiger partial charge in [0.05, 0.1) is 19.3 Å². The number of amides is 1. The van der Waals surface area contributed by atoms with E-state index in [1.807, 2.05) is 31.2 Å². The van der Waals surface area contributed by atoms with Gasteiger partial charge in [-0.1, -0.05) is 36.4 Å². The average Bonchev–Trinajstić information content (AvgIpc) is 2.63. The van der Waals surface area contributed by atoms with Gasteiger partial charge in [-0.25, -0.2) is 0 Å². The number of nitrogens with one attached hydrogen (secondary N) is 2. The maximum Gasteiger partial charge on any atom is 0.279 e. The zero-order chi connectivity index (χ0) is 17.6. The van der Waals surface area contributed by atoms with Gasteiger partial charge in [0.1, 0.15) is 11.8 Å². The molecule has 1 amide bonds. The molecule has 3 rings (SSSR count). The summed E-state index contributed by atoms with van der Waals surface area (Å²) < 4.78 is 5.58. The monoisotopic (exact) mass is 339 g/mol. The van der Waals surface area contributed by atoms with Crippen LogP contribution in [0.25, 0.3) is 0 Å². The molecule has 4 nitrogen and oxygen atoms in total. The molecule has 2 aromatic carbocycles. The lowest BCUT2D eigenvalue weighted by atomic mass is 9.87. The van der Waals surface area contributed by atoms with Crippen LogP contribution in [0.2, 0.25) is 0 Å². The lowest BCUT2D eigenvalue weighted by Gasteiger charge is -2.30. The number of aryl methyl sites for hydroxylation is 1. The number of rotatable bonds is 6. The molecule has 0 saturated heterocycles. The summed E-state index contributed by atoms with van der Waals surface area (Å²) in [5, 5.41) is 3.00. The van der Waals surface area contributed by atoms with Crippen molar-refractivity contribution in [3.05, 3.63) is 59.7 Å². The van der Waals surface area contributed by atoms with Crippen LogP contribution in [0.15, 0.2) is 48.5 Å². The minimum Gasteiger partial charge on any atom is -0.492 e. The van der Waals surface area contributed by atoms with Gasteiger partial charge in [-0.3, -0.25) is 4.79 Å². The molecule has 0 aliphatic heterocycles. The summed E-state index contributed by atoms with van der Waals surface area (Å²) >= 11 is 0. The first-order valence-corrected chi connectivity index (χ1v) is 9.10. The first kappa shape index (κ1) is 17.5. The summed E-state index contributed by atoms with van der Waals surface area (Å²) in [6.07, 6.45) is 3.47. The topological polar surface area (TPSA) is 42.8 Å². The zero-order valence-electron chi connectivity index (χ0n) is 15.0. The van der Waals surface area contributed by atoms with Gasteiger partial charge in [-0.05, 0) is 37.5 Å². The van der Waals surface area contributed by atoms with Gasteiger partial charge in [0, 0.05) is 12.0 Å². The van der Waals surface area contributed by atoms with E-state index in [0.717, 1.165) is 24.3 Å². The molecule has 0 spiro atoms. The van der Waals surface area contributed by atoms with Gasteiger partial charge in [0.2, 0.25) is 0 Å². The highest BCUT2D eigenvalue weighted by Crippen LogP contribution is 2.27. The molecule has 25 heavy (non-hydrogen) atoms. The zero-order valence-corrected chi connectivity index (χ0v) is 15.0. The van der Waals surface area contributed by atoms with Crippen LogP contribution >= 0.6 is 0 Å². The Balaban J connectivity index is 1.66. The average molecular weight is 339 g/mol. The van der Waals surface area contributed by atoms with Crippen molar-refractivity contribution < 1.29 is 14.4 Å². The number of benzene rings is 2. The van der Waals surface area contributed by atoms with E-state index in [1.165, 1.54) is 22.4 Å². The van der Waals surface area contributed by atoms with Gasteiger partial charge >= 0.3 is 0 Å². The Morgan fingerprint density at radius 1 is 1.20 bits per heavy atom. The van der Waals surface area contributed by atoms with Gasteiger partial charge in [-0.2, -0.15) is 0 Å². The quantitative estimate of drug-likeness (QED) is 0.850. The fraction of sp³-hybridized carbons (Fsp3) is 0.381. The summed E-state index contributed by atoms with van der Waals surface area (Å²) in [6.45, 7) is 2.97. The van der Waals surface area contributed by atoms with E-state index in [4.69, 9.17) is 4.74 Å². The van der Waals surface area contributed by atoms with Gasteiger partial charge in [0.15, 0.2) is 6.54 Å². The maximum atomic E-state index is 12.5. The molecule has 0 saturated carbocycles. The van der Waals surface area contributed by atoms with Crippen LogP contribution in [0, 0.1) is 0 Å². The van der Waals surface area contributed by atoms with Gasteiger partial charge in [-0.15, -0.1) is 0 Å². The summed E-state index contributed by atoms with van der Waals surface area (Å²) in [4.78, 5) is 13.8. The van der Waals surface area contributed by atoms with Crippen molar-refractivity contribution in [3.63, 3.8) is 0 Å². The third kappa shape index (κ3) is 4.20. The number of carbonyl (C=O) groups is 1. The Bertz CT molecular complexity index is 729. The molecule has 1 aliphatic carbocycles. The van der Waals surface area contributed by atoms with E-state index in [1.54, 1.807) is 0 Å². The number of quaternary nitrogens is 1. The van der Waals surface area contributed by atoms with E-state index in [0.29, 0.717) is 19.2 Å². The van der Waals surface area contributed by atoms with Crippen LogP contribution < -0.4 is 15.0 Å². The Kier molecular flexibility index (Phi) is 5.71. The van der Waals surface area contributed by atoms with Crippen molar-refractivity contribution in [2.24, 2.45) is 0 Å². The second-order valence-corrected chi connectivity index (χ2v) is 6.64. The first-order chi connectivity index (χ1) is 12.2. The van der Waals surface area contributed by atoms with Crippen LogP contribution in [0.3, 0.4) is 0 Å². The molecular weight excluding hydrogens is 312 g/mol. The predicted octanol–water partition coefficient (Wildman–Crippen LogP) is 2.62. The maximum absolute atomic E-state index is 12.5. The predicted molar refractivity (Wildman–Crippen MR) is 100 cm³/mol. The van der Waals surface area contributed by atoms with Crippen molar-refractivity contribution in [1.29, 1.82) is 0 Å². The second-order valence-electron chi connectivity index (χ2n) is 6.64. The molecule has 0 radical (unpaired) electrons. The minimum atomic E-state index is 0.0210. The smallest absolute Gasteiger partial charge is 0.279 e. The summed E-state index contributed by atoms with van der Waals surface area (Å²) in [7, 11) is 2.11. The van der Waals surface area contributed by atoms with Crippen LogP contribution in [-0.4, -0.2) is 26.1 Å². The molecule has 0 heterocycles. The van der Waals surface area contributed by atoms with Gasteiger partial charge in [0.25, 0.3) is 5.91 Å². The summed E-state index contributed by atoms with van der Waals surface area (Å²) in [5.41, 5.74) is 3.57. The third-order valence-corrected chi connectivity index (χ3v) is 4.86. The van der Waals surface area contributed by atoms with Crippen LogP contribution in [0.1, 0.15) is 36.9 Å². The number of carbonyl (C=O) groups excluding carboxylic acids is 1. The number of ether oxygens (including phenoxy) is 1. The van der Waals surface area contributed by atoms with Crippen molar-refractivity contribution in [3.8, 4) is 5.75 Å². The Hall–Kier alpha value is -2.33. The first-order valence-electron chi connectivity index (χ1n) is 9.10. The van der Waals surface area contributed by atoms with Crippen molar-refractivity contribution in [2.75, 3.05) is 25.5 Å². The standard InChI is InChI=1S/C21H26N2O2/c1-3-25-20-14-7-6-12-18(20)22-21(24)15-23(2)19-13-8-10-16-9-4-5-11-17(16)19/h4-7,9,11-12,14,19H,3,8,10,13,15H2,1-2H3,(H,22,24)/p+1/t19-/m0/s1. The molecule has 2 aromatic rings. The number of para-hydroxylation sites is 2. The molecule has 1 aliphatic rings. The highest BCUT2D eigenvalue weighted by atomic mass is 16.5. The SMILES string of the molecule is CCOc1ccccc1NC(=O)C[NH+](C)[C@H]1CCCc2ccccc21. The van der Waals surface area contributed by atoms with E-state index in [2.05, 4.69) is 36.6 Å². The lowest BCUT2D eigenvalue weighted by molar-refractivity contribution is -0.905. The van der Waals surface area contributed by atoms with E-state index < -0.39 is 0 Å². The normalized spacial score (nSPS) is 17.4. The summed E-state index contributed by atoms with van der Waals surface area (Å²) in [5.74, 6) is 0.742. The fourth-order valence-corrected chi connectivity index (χ4v) is 3.69. The molecule has 0 bridgehead atoms. The number of anilines is 1. The Labute approximate surface area is 149 Å². The second kappa shape index (κ2) is 8.17. The lowest BCUT2D eigenvalue weighted by Crippen LogP contribution is -3.10. The number of hydrogen-bond donors (Lipinski definition) is 2. The van der Waals surface area contributed by atoms with Crippen LogP contribution in [0.5, 0.6) is 5.75 Å². The van der Waals surface area contributed by atoms with E-state index in [9.17, 15) is 4.79 Å². The number of likely N-dealkylation sites (N-methyl/N-ethyl adjacent to an activating group) is 1. The fourth-order valence-electron chi connectivity index (χ4n) is 3.69. The molecular formula is C21H27N2O2+. The number of hydrogen-bond acceptors (Lipinski definition) is 2. The van der Waals surface area contributed by atoms with Crippen molar-refractivity contribution in [2.45, 2.75) is 32.2 Å². The molecule has 132 valence electrons. The van der Waals surface area contributed by atoms with Crippen molar-refractivity contribution >= 4 is 11.6 Å². The van der Waals surface area contributed by atoms with Crippen LogP contribution in [0.4, 0.5) is 5.69 Å². The minimum absolute atomic E-state index is 0.0210. The van der Waals surface area contributed by atoms with Crippen LogP contribution in [-0.2, 0) is 11.2 Å². The molecule has 2 N–H and O–H groups in total. The third-order valence-electron chi connectivity index (χ3n) is 4.86. The molecule has 0 aromatic heterocycles. The summed E-state index contributed by atoms with van der Waals surface area (Å²) in [6, 6.07) is 16.6. The van der Waals surface area contributed by atoms with Gasteiger partial charge < -0.3 is 15.0 Å². The van der Waals surface area contributed by atoms with E-state index in [-0.39, 0.29) is 5.91 Å². The molecule has 1 unspecified atom stereocenters. The number of fused-ring (bicyclic) bond motifs is 1. The van der Waals surface area contributed by atoms with Crippen molar-refractivity contribution in [1.82, 2.24) is 0 Å². The largest absolute Gasteiger partial charge is 0.492 e. The highest BCUT2D eigenvalue weighted by molar-refractivity contribution is 5.92.